The van der Waals surface area contributed by atoms with Gasteiger partial charge in [-0.15, -0.1) is 0 Å². The van der Waals surface area contributed by atoms with E-state index in [1.807, 2.05) is 43.3 Å². The highest BCUT2D eigenvalue weighted by molar-refractivity contribution is 5.93. The van der Waals surface area contributed by atoms with Crippen LogP contribution in [0.15, 0.2) is 47.1 Å². The number of hydrogen-bond acceptors (Lipinski definition) is 3. The average molecular weight is 249 g/mol. The Morgan fingerprint density at radius 1 is 1.05 bits per heavy atom. The predicted molar refractivity (Wildman–Crippen MR) is 73.8 cm³/mol. The molecule has 4 rings (SSSR count). The lowest BCUT2D eigenvalue weighted by molar-refractivity contribution is 0.616. The largest absolute Gasteiger partial charge is 0.464 e. The molecule has 0 unspecified atom stereocenters. The fourth-order valence-corrected chi connectivity index (χ4v) is 2.28. The second-order valence-electron chi connectivity index (χ2n) is 4.55. The minimum Gasteiger partial charge on any atom is -0.464 e. The summed E-state index contributed by atoms with van der Waals surface area (Å²) in [6.07, 6.45) is 1.73. The van der Waals surface area contributed by atoms with Gasteiger partial charge in [0.25, 0.3) is 0 Å². The van der Waals surface area contributed by atoms with Crippen LogP contribution in [-0.4, -0.2) is 15.0 Å². The normalized spacial score (nSPS) is 11.4. The number of furan rings is 1. The van der Waals surface area contributed by atoms with Crippen molar-refractivity contribution < 1.29 is 4.42 Å². The van der Waals surface area contributed by atoms with Gasteiger partial charge < -0.3 is 9.40 Å². The Morgan fingerprint density at radius 2 is 1.95 bits per heavy atom. The van der Waals surface area contributed by atoms with E-state index in [2.05, 4.69) is 15.0 Å². The number of hydrogen-bond donors (Lipinski definition) is 1. The molecule has 3 heterocycles. The Bertz CT molecular complexity index is 889. The molecule has 4 nitrogen and oxygen atoms in total. The SMILES string of the molecule is Cc1ccc2[nH]c(-c3coc4ccccc34)nc2n1. The number of pyridine rings is 1. The molecule has 0 aliphatic carbocycles. The van der Waals surface area contributed by atoms with Gasteiger partial charge in [0.15, 0.2) is 5.65 Å². The molecule has 3 aromatic heterocycles. The summed E-state index contributed by atoms with van der Waals surface area (Å²) in [4.78, 5) is 12.2. The van der Waals surface area contributed by atoms with Crippen molar-refractivity contribution in [3.8, 4) is 11.4 Å². The van der Waals surface area contributed by atoms with Crippen molar-refractivity contribution in [2.75, 3.05) is 0 Å². The molecule has 0 amide bonds. The molecule has 0 saturated carbocycles. The second kappa shape index (κ2) is 3.68. The lowest BCUT2D eigenvalue weighted by Crippen LogP contribution is -1.80. The number of aryl methyl sites for hydroxylation is 1. The molecule has 4 heteroatoms. The van der Waals surface area contributed by atoms with Gasteiger partial charge in [-0.1, -0.05) is 18.2 Å². The number of para-hydroxylation sites is 1. The number of rotatable bonds is 1. The van der Waals surface area contributed by atoms with Crippen LogP contribution in [0.5, 0.6) is 0 Å². The van der Waals surface area contributed by atoms with Gasteiger partial charge in [-0.2, -0.15) is 0 Å². The van der Waals surface area contributed by atoms with Crippen molar-refractivity contribution in [3.63, 3.8) is 0 Å². The first-order valence-corrected chi connectivity index (χ1v) is 6.11. The minimum atomic E-state index is 0.736. The van der Waals surface area contributed by atoms with Crippen LogP contribution in [-0.2, 0) is 0 Å². The maximum Gasteiger partial charge on any atom is 0.178 e. The first-order valence-electron chi connectivity index (χ1n) is 6.11. The molecule has 0 aliphatic heterocycles. The highest BCUT2D eigenvalue weighted by Crippen LogP contribution is 2.29. The van der Waals surface area contributed by atoms with Crippen LogP contribution < -0.4 is 0 Å². The smallest absolute Gasteiger partial charge is 0.178 e. The Hall–Kier alpha value is -2.62. The fraction of sp³-hybridized carbons (Fsp3) is 0.0667. The van der Waals surface area contributed by atoms with Gasteiger partial charge in [0, 0.05) is 11.1 Å². The average Bonchev–Trinajstić information content (AvgIpc) is 3.00. The zero-order chi connectivity index (χ0) is 12.8. The summed E-state index contributed by atoms with van der Waals surface area (Å²) < 4.78 is 5.54. The van der Waals surface area contributed by atoms with Gasteiger partial charge in [0.2, 0.25) is 0 Å². The molecule has 1 aromatic carbocycles. The standard InChI is InChI=1S/C15H11N3O/c1-9-6-7-12-15(16-9)18-14(17-12)11-8-19-13-5-3-2-4-10(11)13/h2-8H,1H3,(H,16,17,18). The van der Waals surface area contributed by atoms with E-state index in [1.165, 1.54) is 0 Å². The zero-order valence-electron chi connectivity index (χ0n) is 10.3. The van der Waals surface area contributed by atoms with Crippen LogP contribution in [0.3, 0.4) is 0 Å². The van der Waals surface area contributed by atoms with Crippen LogP contribution in [0.25, 0.3) is 33.5 Å². The Morgan fingerprint density at radius 3 is 2.89 bits per heavy atom. The summed E-state index contributed by atoms with van der Waals surface area (Å²) >= 11 is 0. The van der Waals surface area contributed by atoms with E-state index in [-0.39, 0.29) is 0 Å². The number of benzene rings is 1. The minimum absolute atomic E-state index is 0.736. The summed E-state index contributed by atoms with van der Waals surface area (Å²) in [6.45, 7) is 1.96. The van der Waals surface area contributed by atoms with Crippen molar-refractivity contribution in [2.45, 2.75) is 6.92 Å². The third-order valence-corrected chi connectivity index (χ3v) is 3.22. The highest BCUT2D eigenvalue weighted by Gasteiger charge is 2.12. The van der Waals surface area contributed by atoms with Crippen LogP contribution >= 0.6 is 0 Å². The van der Waals surface area contributed by atoms with Crippen LogP contribution in [0, 0.1) is 6.92 Å². The van der Waals surface area contributed by atoms with Gasteiger partial charge in [-0.3, -0.25) is 0 Å². The Labute approximate surface area is 109 Å². The second-order valence-corrected chi connectivity index (χ2v) is 4.55. The summed E-state index contributed by atoms with van der Waals surface area (Å²) in [6, 6.07) is 11.9. The van der Waals surface area contributed by atoms with E-state index in [0.717, 1.165) is 39.2 Å². The molecule has 1 N–H and O–H groups in total. The molecule has 0 atom stereocenters. The lowest BCUT2D eigenvalue weighted by atomic mass is 10.2. The number of aromatic nitrogens is 3. The summed E-state index contributed by atoms with van der Waals surface area (Å²) in [5.74, 6) is 0.790. The molecule has 0 fully saturated rings. The topological polar surface area (TPSA) is 54.7 Å². The first kappa shape index (κ1) is 10.3. The van der Waals surface area contributed by atoms with Gasteiger partial charge in [-0.25, -0.2) is 9.97 Å². The number of H-pyrrole nitrogens is 1. The number of nitrogens with one attached hydrogen (secondary N) is 1. The van der Waals surface area contributed by atoms with Gasteiger partial charge >= 0.3 is 0 Å². The van der Waals surface area contributed by atoms with Crippen molar-refractivity contribution in [3.05, 3.63) is 48.4 Å². The van der Waals surface area contributed by atoms with E-state index in [9.17, 15) is 0 Å². The van der Waals surface area contributed by atoms with Crippen LogP contribution in [0.4, 0.5) is 0 Å². The molecule has 19 heavy (non-hydrogen) atoms. The lowest BCUT2D eigenvalue weighted by Gasteiger charge is -1.91. The van der Waals surface area contributed by atoms with E-state index in [0.29, 0.717) is 0 Å². The molecule has 0 saturated heterocycles. The quantitative estimate of drug-likeness (QED) is 0.560. The molecule has 0 aliphatic rings. The third kappa shape index (κ3) is 1.53. The zero-order valence-corrected chi connectivity index (χ0v) is 10.3. The van der Waals surface area contributed by atoms with Crippen molar-refractivity contribution >= 4 is 22.1 Å². The van der Waals surface area contributed by atoms with Gasteiger partial charge in [0.05, 0.1) is 11.1 Å². The maximum atomic E-state index is 5.54. The summed E-state index contributed by atoms with van der Waals surface area (Å²) in [5, 5.41) is 1.05. The third-order valence-electron chi connectivity index (χ3n) is 3.22. The number of aromatic amines is 1. The fourth-order valence-electron chi connectivity index (χ4n) is 2.28. The van der Waals surface area contributed by atoms with Gasteiger partial charge in [-0.05, 0) is 25.1 Å². The van der Waals surface area contributed by atoms with E-state index in [1.54, 1.807) is 6.26 Å². The van der Waals surface area contributed by atoms with Crippen LogP contribution in [0.1, 0.15) is 5.69 Å². The molecular formula is C15H11N3O. The van der Waals surface area contributed by atoms with E-state index >= 15 is 0 Å². The van der Waals surface area contributed by atoms with Crippen molar-refractivity contribution in [2.24, 2.45) is 0 Å². The van der Waals surface area contributed by atoms with E-state index in [4.69, 9.17) is 4.42 Å². The van der Waals surface area contributed by atoms with E-state index < -0.39 is 0 Å². The molecule has 4 aromatic rings. The number of nitrogens with zero attached hydrogens (tertiary/aromatic N) is 2. The monoisotopic (exact) mass is 249 g/mol. The molecule has 0 radical (unpaired) electrons. The van der Waals surface area contributed by atoms with Gasteiger partial charge in [0.1, 0.15) is 17.7 Å². The molecule has 92 valence electrons. The Kier molecular flexibility index (Phi) is 2.00. The first-order chi connectivity index (χ1) is 9.31. The Balaban J connectivity index is 1.99. The number of imidazole rings is 1. The summed E-state index contributed by atoms with van der Waals surface area (Å²) in [7, 11) is 0. The molecule has 0 spiro atoms. The maximum absolute atomic E-state index is 5.54. The van der Waals surface area contributed by atoms with Crippen molar-refractivity contribution in [1.29, 1.82) is 0 Å². The number of fused-ring (bicyclic) bond motifs is 2. The molecular weight excluding hydrogens is 238 g/mol. The van der Waals surface area contributed by atoms with Crippen LogP contribution in [0.2, 0.25) is 0 Å². The van der Waals surface area contributed by atoms with Crippen molar-refractivity contribution in [1.82, 2.24) is 15.0 Å². The molecule has 0 bridgehead atoms. The summed E-state index contributed by atoms with van der Waals surface area (Å²) in [5.41, 5.74) is 4.46. The predicted octanol–water partition coefficient (Wildman–Crippen LogP) is 3.68. The highest BCUT2D eigenvalue weighted by atomic mass is 16.3.